The zero-order valence-corrected chi connectivity index (χ0v) is 11.7. The molecule has 0 unspecified atom stereocenters. The van der Waals surface area contributed by atoms with Crippen LogP contribution in [0.25, 0.3) is 10.9 Å². The largest absolute Gasteiger partial charge is 0.335 e. The van der Waals surface area contributed by atoms with Crippen LogP contribution >= 0.6 is 31.9 Å². The fraction of sp³-hybridized carbons (Fsp3) is 0.200. The van der Waals surface area contributed by atoms with E-state index in [0.717, 1.165) is 13.6 Å². The number of hydrogen-bond donors (Lipinski definition) is 1. The van der Waals surface area contributed by atoms with Crippen LogP contribution in [-0.2, 0) is 6.42 Å². The van der Waals surface area contributed by atoms with Crippen molar-refractivity contribution in [1.29, 1.82) is 0 Å². The van der Waals surface area contributed by atoms with Crippen molar-refractivity contribution in [3.05, 3.63) is 37.3 Å². The van der Waals surface area contributed by atoms with E-state index in [4.69, 9.17) is 5.84 Å². The van der Waals surface area contributed by atoms with Crippen molar-refractivity contribution < 1.29 is 0 Å². The number of rotatable bonds is 1. The van der Waals surface area contributed by atoms with E-state index in [0.29, 0.717) is 23.1 Å². The lowest BCUT2D eigenvalue weighted by molar-refractivity contribution is 0.799. The van der Waals surface area contributed by atoms with Crippen LogP contribution in [0.15, 0.2) is 25.9 Å². The summed E-state index contributed by atoms with van der Waals surface area (Å²) in [7, 11) is 0. The molecule has 0 aliphatic carbocycles. The summed E-state index contributed by atoms with van der Waals surface area (Å²) < 4.78 is 2.69. The lowest BCUT2D eigenvalue weighted by atomic mass is 10.2. The molecule has 0 atom stereocenters. The molecule has 4 nitrogen and oxygen atoms in total. The molecular weight excluding hydrogens is 338 g/mol. The molecule has 1 aromatic heterocycles. The minimum absolute atomic E-state index is 0.233. The topological polar surface area (TPSA) is 60.9 Å². The van der Waals surface area contributed by atoms with Gasteiger partial charge in [-0.2, -0.15) is 0 Å². The van der Waals surface area contributed by atoms with Crippen molar-refractivity contribution in [2.45, 2.75) is 13.3 Å². The number of nitrogen functional groups attached to an aromatic ring is 1. The zero-order valence-electron chi connectivity index (χ0n) is 8.50. The summed E-state index contributed by atoms with van der Waals surface area (Å²) >= 11 is 6.72. The highest BCUT2D eigenvalue weighted by Crippen LogP contribution is 2.25. The summed E-state index contributed by atoms with van der Waals surface area (Å²) in [5.74, 6) is 6.24. The number of aryl methyl sites for hydroxylation is 1. The average Bonchev–Trinajstić information content (AvgIpc) is 2.24. The number of hydrogen-bond acceptors (Lipinski definition) is 3. The fourth-order valence-electron chi connectivity index (χ4n) is 1.52. The summed E-state index contributed by atoms with van der Waals surface area (Å²) in [5, 5.41) is 0.501. The first-order valence-corrected chi connectivity index (χ1v) is 6.29. The van der Waals surface area contributed by atoms with Gasteiger partial charge in [-0.25, -0.2) is 9.66 Å². The van der Waals surface area contributed by atoms with Crippen molar-refractivity contribution >= 4 is 42.8 Å². The summed E-state index contributed by atoms with van der Waals surface area (Å²) in [6, 6.07) is 3.58. The Balaban J connectivity index is 2.99. The van der Waals surface area contributed by atoms with Crippen molar-refractivity contribution in [1.82, 2.24) is 9.66 Å². The molecule has 2 N–H and O–H groups in total. The number of nitrogens with two attached hydrogens (primary N) is 1. The van der Waals surface area contributed by atoms with Gasteiger partial charge in [0.2, 0.25) is 0 Å². The molecule has 1 heterocycles. The molecule has 0 saturated carbocycles. The Hall–Kier alpha value is -0.880. The molecule has 1 aromatic carbocycles. The van der Waals surface area contributed by atoms with Gasteiger partial charge in [0.05, 0.1) is 10.9 Å². The highest BCUT2D eigenvalue weighted by Gasteiger charge is 2.10. The monoisotopic (exact) mass is 345 g/mol. The van der Waals surface area contributed by atoms with Gasteiger partial charge in [0.15, 0.2) is 0 Å². The van der Waals surface area contributed by atoms with E-state index in [1.807, 2.05) is 13.0 Å². The third-order valence-electron chi connectivity index (χ3n) is 2.31. The maximum Gasteiger partial charge on any atom is 0.279 e. The molecule has 0 aliphatic rings. The number of nitrogens with zero attached hydrogens (tertiary/aromatic N) is 2. The first kappa shape index (κ1) is 11.6. The lowest BCUT2D eigenvalue weighted by Crippen LogP contribution is -2.31. The van der Waals surface area contributed by atoms with Crippen LogP contribution in [0.4, 0.5) is 0 Å². The maximum absolute atomic E-state index is 12.0. The Morgan fingerprint density at radius 3 is 2.75 bits per heavy atom. The molecule has 0 saturated heterocycles. The van der Waals surface area contributed by atoms with Crippen molar-refractivity contribution in [3.63, 3.8) is 0 Å². The Morgan fingerprint density at radius 2 is 2.12 bits per heavy atom. The number of aromatic nitrogens is 2. The first-order valence-electron chi connectivity index (χ1n) is 4.70. The van der Waals surface area contributed by atoms with Gasteiger partial charge in [0, 0.05) is 15.4 Å². The van der Waals surface area contributed by atoms with Crippen molar-refractivity contribution in [3.8, 4) is 0 Å². The second kappa shape index (κ2) is 4.18. The number of benzene rings is 1. The van der Waals surface area contributed by atoms with Crippen molar-refractivity contribution in [2.24, 2.45) is 0 Å². The van der Waals surface area contributed by atoms with E-state index in [9.17, 15) is 4.79 Å². The van der Waals surface area contributed by atoms with E-state index >= 15 is 0 Å². The van der Waals surface area contributed by atoms with Gasteiger partial charge in [-0.15, -0.1) is 0 Å². The molecule has 0 bridgehead atoms. The normalized spacial score (nSPS) is 10.9. The lowest BCUT2D eigenvalue weighted by Gasteiger charge is -2.08. The minimum atomic E-state index is -0.233. The molecule has 0 spiro atoms. The van der Waals surface area contributed by atoms with Crippen LogP contribution in [0.5, 0.6) is 0 Å². The first-order chi connectivity index (χ1) is 7.54. The summed E-state index contributed by atoms with van der Waals surface area (Å²) in [5.41, 5.74) is 0.413. The number of halogens is 2. The molecule has 0 radical (unpaired) electrons. The molecule has 0 aliphatic heterocycles. The van der Waals surface area contributed by atoms with E-state index in [1.54, 1.807) is 6.07 Å². The predicted octanol–water partition coefficient (Wildman–Crippen LogP) is 2.20. The van der Waals surface area contributed by atoms with Gasteiger partial charge in [0.25, 0.3) is 5.56 Å². The van der Waals surface area contributed by atoms with E-state index in [-0.39, 0.29) is 5.56 Å². The van der Waals surface area contributed by atoms with Crippen LogP contribution in [0, 0.1) is 0 Å². The highest BCUT2D eigenvalue weighted by molar-refractivity contribution is 9.11. The molecule has 0 fully saturated rings. The van der Waals surface area contributed by atoms with Gasteiger partial charge >= 0.3 is 0 Å². The zero-order chi connectivity index (χ0) is 11.9. The van der Waals surface area contributed by atoms with Gasteiger partial charge in [-0.1, -0.05) is 22.9 Å². The molecular formula is C10H9Br2N3O. The van der Waals surface area contributed by atoms with E-state index < -0.39 is 0 Å². The number of fused-ring (bicyclic) bond motifs is 1. The Morgan fingerprint density at radius 1 is 1.44 bits per heavy atom. The Bertz CT molecular complexity index is 621. The third-order valence-corrected chi connectivity index (χ3v) is 3.37. The second-order valence-corrected chi connectivity index (χ2v) is 5.11. The highest BCUT2D eigenvalue weighted by atomic mass is 79.9. The Kier molecular flexibility index (Phi) is 3.03. The molecule has 6 heteroatoms. The summed E-state index contributed by atoms with van der Waals surface area (Å²) in [6.45, 7) is 1.91. The smallest absolute Gasteiger partial charge is 0.279 e. The molecule has 2 rings (SSSR count). The summed E-state index contributed by atoms with van der Waals surface area (Å²) in [6.07, 6.45) is 0.615. The molecule has 84 valence electrons. The van der Waals surface area contributed by atoms with Crippen LogP contribution in [0.1, 0.15) is 12.7 Å². The van der Waals surface area contributed by atoms with E-state index in [1.165, 1.54) is 0 Å². The minimum Gasteiger partial charge on any atom is -0.335 e. The molecule has 2 aromatic rings. The van der Waals surface area contributed by atoms with Crippen LogP contribution in [0.3, 0.4) is 0 Å². The van der Waals surface area contributed by atoms with Crippen LogP contribution in [-0.4, -0.2) is 9.66 Å². The SMILES string of the molecule is CCc1nc2c(Br)cc(Br)cc2c(=O)n1N. The van der Waals surface area contributed by atoms with Gasteiger partial charge in [-0.3, -0.25) is 4.79 Å². The standard InChI is InChI=1S/C10H9Br2N3O/c1-2-8-14-9-6(10(16)15(8)13)3-5(11)4-7(9)12/h3-4H,2,13H2,1H3. The second-order valence-electron chi connectivity index (χ2n) is 3.34. The van der Waals surface area contributed by atoms with Crippen molar-refractivity contribution in [2.75, 3.05) is 5.84 Å². The summed E-state index contributed by atoms with van der Waals surface area (Å²) in [4.78, 5) is 16.3. The van der Waals surface area contributed by atoms with Gasteiger partial charge < -0.3 is 5.84 Å². The van der Waals surface area contributed by atoms with Crippen LogP contribution < -0.4 is 11.4 Å². The molecule has 16 heavy (non-hydrogen) atoms. The quantitative estimate of drug-likeness (QED) is 0.805. The van der Waals surface area contributed by atoms with Gasteiger partial charge in [-0.05, 0) is 28.1 Å². The Labute approximate surface area is 109 Å². The fourth-order valence-corrected chi connectivity index (χ4v) is 2.84. The van der Waals surface area contributed by atoms with E-state index in [2.05, 4.69) is 36.8 Å². The van der Waals surface area contributed by atoms with Crippen LogP contribution in [0.2, 0.25) is 0 Å². The van der Waals surface area contributed by atoms with Gasteiger partial charge in [0.1, 0.15) is 5.82 Å². The predicted molar refractivity (Wildman–Crippen MR) is 70.9 cm³/mol. The maximum atomic E-state index is 12.0. The average molecular weight is 347 g/mol. The molecule has 0 amide bonds. The third kappa shape index (κ3) is 1.76.